The molecule has 1 amide bonds. The second kappa shape index (κ2) is 6.35. The number of anilines is 1. The number of hydrogen-bond acceptors (Lipinski definition) is 4. The Labute approximate surface area is 128 Å². The van der Waals surface area contributed by atoms with Gasteiger partial charge in [0.15, 0.2) is 5.13 Å². The summed E-state index contributed by atoms with van der Waals surface area (Å²) in [5, 5.41) is 2.77. The number of hydrogen-bond donors (Lipinski definition) is 0. The fraction of sp³-hybridized carbons (Fsp3) is 0.438. The molecule has 2 aromatic heterocycles. The molecule has 5 heteroatoms. The van der Waals surface area contributed by atoms with E-state index in [0.717, 1.165) is 29.2 Å². The third-order valence-electron chi connectivity index (χ3n) is 4.04. The van der Waals surface area contributed by atoms with E-state index in [9.17, 15) is 4.79 Å². The quantitative estimate of drug-likeness (QED) is 0.867. The molecule has 4 nitrogen and oxygen atoms in total. The molecule has 0 bridgehead atoms. The van der Waals surface area contributed by atoms with Crippen molar-refractivity contribution in [2.45, 2.75) is 32.1 Å². The topological polar surface area (TPSA) is 46.1 Å². The van der Waals surface area contributed by atoms with Crippen LogP contribution in [0.5, 0.6) is 0 Å². The summed E-state index contributed by atoms with van der Waals surface area (Å²) in [4.78, 5) is 22.9. The number of rotatable bonds is 3. The van der Waals surface area contributed by atoms with Crippen molar-refractivity contribution < 1.29 is 4.79 Å². The number of amides is 1. The van der Waals surface area contributed by atoms with Crippen molar-refractivity contribution in [2.24, 2.45) is 5.92 Å². The van der Waals surface area contributed by atoms with E-state index in [2.05, 4.69) is 9.97 Å². The average Bonchev–Trinajstić information content (AvgIpc) is 3.05. The molecule has 0 saturated heterocycles. The minimum Gasteiger partial charge on any atom is -0.291 e. The van der Waals surface area contributed by atoms with Crippen LogP contribution in [0.25, 0.3) is 11.3 Å². The molecule has 0 N–H and O–H groups in total. The minimum atomic E-state index is 0.178. The van der Waals surface area contributed by atoms with Crippen LogP contribution in [-0.4, -0.2) is 22.9 Å². The van der Waals surface area contributed by atoms with Gasteiger partial charge in [-0.25, -0.2) is 4.98 Å². The highest BCUT2D eigenvalue weighted by Gasteiger charge is 2.26. The molecule has 21 heavy (non-hydrogen) atoms. The second-order valence-electron chi connectivity index (χ2n) is 5.48. The number of carbonyl (C=O) groups is 1. The maximum Gasteiger partial charge on any atom is 0.231 e. The van der Waals surface area contributed by atoms with Gasteiger partial charge in [0.25, 0.3) is 0 Å². The zero-order valence-corrected chi connectivity index (χ0v) is 13.0. The van der Waals surface area contributed by atoms with E-state index < -0.39 is 0 Å². The largest absolute Gasteiger partial charge is 0.291 e. The summed E-state index contributed by atoms with van der Waals surface area (Å²) in [6.07, 6.45) is 9.15. The summed E-state index contributed by atoms with van der Waals surface area (Å²) in [7, 11) is 1.84. The first kappa shape index (κ1) is 14.2. The van der Waals surface area contributed by atoms with Crippen LogP contribution >= 0.6 is 11.3 Å². The lowest BCUT2D eigenvalue weighted by Gasteiger charge is -2.24. The average molecular weight is 301 g/mol. The highest BCUT2D eigenvalue weighted by atomic mass is 32.1. The SMILES string of the molecule is CN(C(=O)C1CCCCC1)c1nc(-c2ccncc2)cs1. The van der Waals surface area contributed by atoms with Crippen LogP contribution in [0, 0.1) is 5.92 Å². The van der Waals surface area contributed by atoms with E-state index in [1.54, 1.807) is 17.3 Å². The van der Waals surface area contributed by atoms with E-state index in [-0.39, 0.29) is 11.8 Å². The molecule has 0 unspecified atom stereocenters. The Morgan fingerprint density at radius 1 is 1.24 bits per heavy atom. The predicted molar refractivity (Wildman–Crippen MR) is 85.3 cm³/mol. The molecule has 0 spiro atoms. The highest BCUT2D eigenvalue weighted by Crippen LogP contribution is 2.30. The molecule has 2 aromatic rings. The van der Waals surface area contributed by atoms with Gasteiger partial charge in [-0.1, -0.05) is 19.3 Å². The molecule has 0 atom stereocenters. The number of nitrogens with zero attached hydrogens (tertiary/aromatic N) is 3. The smallest absolute Gasteiger partial charge is 0.231 e. The van der Waals surface area contributed by atoms with Crippen LogP contribution in [0.2, 0.25) is 0 Å². The molecule has 0 radical (unpaired) electrons. The molecule has 1 fully saturated rings. The van der Waals surface area contributed by atoms with Gasteiger partial charge in [0.2, 0.25) is 5.91 Å². The van der Waals surface area contributed by atoms with Crippen LogP contribution in [-0.2, 0) is 4.79 Å². The van der Waals surface area contributed by atoms with Crippen molar-refractivity contribution >= 4 is 22.4 Å². The van der Waals surface area contributed by atoms with Gasteiger partial charge in [-0.05, 0) is 25.0 Å². The van der Waals surface area contributed by atoms with Crippen LogP contribution < -0.4 is 4.90 Å². The Hall–Kier alpha value is -1.75. The van der Waals surface area contributed by atoms with E-state index in [4.69, 9.17) is 0 Å². The lowest BCUT2D eigenvalue weighted by molar-refractivity contribution is -0.123. The van der Waals surface area contributed by atoms with Crippen LogP contribution in [0.4, 0.5) is 5.13 Å². The standard InChI is InChI=1S/C16H19N3OS/c1-19(15(20)13-5-3-2-4-6-13)16-18-14(11-21-16)12-7-9-17-10-8-12/h7-11,13H,2-6H2,1H3. The Morgan fingerprint density at radius 3 is 2.67 bits per heavy atom. The van der Waals surface area contributed by atoms with Gasteiger partial charge in [-0.15, -0.1) is 11.3 Å². The third kappa shape index (κ3) is 3.13. The summed E-state index contributed by atoms with van der Waals surface area (Å²) in [5.41, 5.74) is 1.94. The zero-order valence-electron chi connectivity index (χ0n) is 12.2. The normalized spacial score (nSPS) is 15.9. The van der Waals surface area contributed by atoms with Gasteiger partial charge >= 0.3 is 0 Å². The van der Waals surface area contributed by atoms with Gasteiger partial charge < -0.3 is 0 Å². The van der Waals surface area contributed by atoms with Crippen molar-refractivity contribution in [3.63, 3.8) is 0 Å². The van der Waals surface area contributed by atoms with Gasteiger partial charge in [0.05, 0.1) is 5.69 Å². The van der Waals surface area contributed by atoms with Crippen molar-refractivity contribution in [2.75, 3.05) is 11.9 Å². The number of thiazole rings is 1. The first-order valence-corrected chi connectivity index (χ1v) is 8.27. The Kier molecular flexibility index (Phi) is 4.29. The molecular formula is C16H19N3OS. The van der Waals surface area contributed by atoms with Gasteiger partial charge in [0, 0.05) is 36.3 Å². The Bertz CT molecular complexity index is 605. The summed E-state index contributed by atoms with van der Waals surface area (Å²) >= 11 is 1.52. The summed E-state index contributed by atoms with van der Waals surface area (Å²) in [5.74, 6) is 0.391. The van der Waals surface area contributed by atoms with Gasteiger partial charge in [-0.3, -0.25) is 14.7 Å². The minimum absolute atomic E-state index is 0.178. The number of carbonyl (C=O) groups excluding carboxylic acids is 1. The van der Waals surface area contributed by atoms with Crippen molar-refractivity contribution in [3.05, 3.63) is 29.9 Å². The molecular weight excluding hydrogens is 282 g/mol. The highest BCUT2D eigenvalue weighted by molar-refractivity contribution is 7.14. The van der Waals surface area contributed by atoms with Crippen molar-refractivity contribution in [3.8, 4) is 11.3 Å². The lowest BCUT2D eigenvalue weighted by atomic mass is 9.88. The van der Waals surface area contributed by atoms with Crippen molar-refractivity contribution in [1.29, 1.82) is 0 Å². The summed E-state index contributed by atoms with van der Waals surface area (Å²) in [6, 6.07) is 3.86. The molecule has 0 aliphatic heterocycles. The molecule has 1 saturated carbocycles. The molecule has 0 aromatic carbocycles. The number of aromatic nitrogens is 2. The van der Waals surface area contributed by atoms with Crippen LogP contribution in [0.15, 0.2) is 29.9 Å². The third-order valence-corrected chi connectivity index (χ3v) is 4.96. The molecule has 2 heterocycles. The van der Waals surface area contributed by atoms with Crippen molar-refractivity contribution in [1.82, 2.24) is 9.97 Å². The van der Waals surface area contributed by atoms with E-state index in [1.165, 1.54) is 30.6 Å². The summed E-state index contributed by atoms with van der Waals surface area (Å²) < 4.78 is 0. The number of pyridine rings is 1. The fourth-order valence-electron chi connectivity index (χ4n) is 2.79. The first-order valence-electron chi connectivity index (χ1n) is 7.39. The van der Waals surface area contributed by atoms with Crippen LogP contribution in [0.1, 0.15) is 32.1 Å². The Balaban J connectivity index is 1.74. The Morgan fingerprint density at radius 2 is 1.95 bits per heavy atom. The van der Waals surface area contributed by atoms with E-state index in [0.29, 0.717) is 0 Å². The fourth-order valence-corrected chi connectivity index (χ4v) is 3.60. The first-order chi connectivity index (χ1) is 10.3. The monoisotopic (exact) mass is 301 g/mol. The van der Waals surface area contributed by atoms with E-state index in [1.807, 2.05) is 24.6 Å². The van der Waals surface area contributed by atoms with E-state index >= 15 is 0 Å². The van der Waals surface area contributed by atoms with Gasteiger partial charge in [-0.2, -0.15) is 0 Å². The zero-order chi connectivity index (χ0) is 14.7. The second-order valence-corrected chi connectivity index (χ2v) is 6.32. The molecule has 1 aliphatic carbocycles. The molecule has 1 aliphatic rings. The van der Waals surface area contributed by atoms with Gasteiger partial charge in [0.1, 0.15) is 0 Å². The molecule has 3 rings (SSSR count). The predicted octanol–water partition coefficient (Wildman–Crippen LogP) is 3.75. The maximum atomic E-state index is 12.5. The lowest BCUT2D eigenvalue weighted by Crippen LogP contribution is -2.33. The van der Waals surface area contributed by atoms with Crippen LogP contribution in [0.3, 0.4) is 0 Å². The summed E-state index contributed by atoms with van der Waals surface area (Å²) in [6.45, 7) is 0. The molecule has 110 valence electrons. The maximum absolute atomic E-state index is 12.5.